The summed E-state index contributed by atoms with van der Waals surface area (Å²) in [7, 11) is 1.95. The maximum Gasteiger partial charge on any atom is 0.133 e. The third-order valence-electron chi connectivity index (χ3n) is 2.84. The Morgan fingerprint density at radius 1 is 1.53 bits per heavy atom. The normalized spacial score (nSPS) is 14.8. The molecule has 1 aromatic rings. The van der Waals surface area contributed by atoms with E-state index < -0.39 is 5.72 Å². The summed E-state index contributed by atoms with van der Waals surface area (Å²) in [5.41, 5.74) is 5.53. The fraction of sp³-hybridized carbons (Fsp3) is 0.818. The molecule has 0 fully saturated rings. The van der Waals surface area contributed by atoms with Gasteiger partial charge in [0.1, 0.15) is 5.72 Å². The molecule has 0 aliphatic carbocycles. The summed E-state index contributed by atoms with van der Waals surface area (Å²) in [6, 6.07) is 0. The van der Waals surface area contributed by atoms with Crippen molar-refractivity contribution < 1.29 is 5.11 Å². The smallest absolute Gasteiger partial charge is 0.133 e. The predicted octanol–water partition coefficient (Wildman–Crippen LogP) is -0.122. The van der Waals surface area contributed by atoms with Crippen LogP contribution in [-0.4, -0.2) is 39.4 Å². The average molecular weight is 241 g/mol. The Hall–Kier alpha value is -0.980. The highest BCUT2D eigenvalue weighted by Gasteiger charge is 2.20. The lowest BCUT2D eigenvalue weighted by atomic mass is 10.1. The first-order valence-electron chi connectivity index (χ1n) is 6.12. The monoisotopic (exact) mass is 241 g/mol. The van der Waals surface area contributed by atoms with Crippen LogP contribution in [0.3, 0.4) is 0 Å². The number of nitrogens with zero attached hydrogens (tertiary/aromatic N) is 3. The number of nitrogens with two attached hydrogens (primary N) is 1. The van der Waals surface area contributed by atoms with E-state index in [4.69, 9.17) is 5.73 Å². The van der Waals surface area contributed by atoms with E-state index in [-0.39, 0.29) is 0 Å². The van der Waals surface area contributed by atoms with E-state index in [0.29, 0.717) is 13.0 Å². The second-order valence-corrected chi connectivity index (χ2v) is 4.40. The molecule has 0 radical (unpaired) electrons. The predicted molar refractivity (Wildman–Crippen MR) is 66.3 cm³/mol. The van der Waals surface area contributed by atoms with Gasteiger partial charge in [-0.05, 0) is 39.3 Å². The van der Waals surface area contributed by atoms with Crippen LogP contribution in [0.1, 0.15) is 31.9 Å². The summed E-state index contributed by atoms with van der Waals surface area (Å²) in [4.78, 5) is 0. The van der Waals surface area contributed by atoms with Gasteiger partial charge in [-0.2, -0.15) is 0 Å². The number of nitrogens with one attached hydrogen (secondary N) is 1. The number of aliphatic hydroxyl groups is 1. The van der Waals surface area contributed by atoms with Crippen molar-refractivity contribution in [1.82, 2.24) is 20.3 Å². The lowest BCUT2D eigenvalue weighted by Gasteiger charge is -2.21. The molecule has 0 saturated carbocycles. The maximum absolute atomic E-state index is 9.81. The van der Waals surface area contributed by atoms with Gasteiger partial charge in [0, 0.05) is 0 Å². The van der Waals surface area contributed by atoms with Gasteiger partial charge in [0.05, 0.1) is 18.4 Å². The van der Waals surface area contributed by atoms with Crippen molar-refractivity contribution >= 4 is 0 Å². The molecule has 0 saturated heterocycles. The quantitative estimate of drug-likeness (QED) is 0.436. The largest absolute Gasteiger partial charge is 0.374 e. The van der Waals surface area contributed by atoms with Crippen LogP contribution < -0.4 is 11.1 Å². The zero-order valence-electron chi connectivity index (χ0n) is 10.7. The number of unbranched alkanes of at least 4 members (excludes halogenated alkanes) is 1. The van der Waals surface area contributed by atoms with Crippen LogP contribution in [-0.2, 0) is 13.0 Å². The SMILES string of the molecule is CCC(N)(O)Cn1nncc1CCCCNC. The number of aryl methyl sites for hydroxylation is 1. The number of hydrogen-bond donors (Lipinski definition) is 3. The highest BCUT2D eigenvalue weighted by molar-refractivity contribution is 4.95. The minimum absolute atomic E-state index is 0.296. The molecule has 0 bridgehead atoms. The van der Waals surface area contributed by atoms with E-state index in [1.54, 1.807) is 10.9 Å². The first kappa shape index (κ1) is 14.1. The molecule has 0 aliphatic heterocycles. The van der Waals surface area contributed by atoms with Gasteiger partial charge in [-0.25, -0.2) is 4.68 Å². The molecule has 0 aliphatic rings. The van der Waals surface area contributed by atoms with Crippen molar-refractivity contribution in [3.63, 3.8) is 0 Å². The Labute approximate surface area is 102 Å². The van der Waals surface area contributed by atoms with Crippen LogP contribution in [0.25, 0.3) is 0 Å². The Morgan fingerprint density at radius 2 is 2.29 bits per heavy atom. The lowest BCUT2D eigenvalue weighted by Crippen LogP contribution is -2.43. The first-order chi connectivity index (χ1) is 8.09. The number of aromatic nitrogens is 3. The molecule has 17 heavy (non-hydrogen) atoms. The third-order valence-corrected chi connectivity index (χ3v) is 2.84. The van der Waals surface area contributed by atoms with E-state index in [1.165, 1.54) is 0 Å². The highest BCUT2D eigenvalue weighted by atomic mass is 16.3. The summed E-state index contributed by atoms with van der Waals surface area (Å²) >= 11 is 0. The molecule has 6 heteroatoms. The van der Waals surface area contributed by atoms with Crippen LogP contribution in [0.2, 0.25) is 0 Å². The van der Waals surface area contributed by atoms with Crippen molar-refractivity contribution in [3.05, 3.63) is 11.9 Å². The second-order valence-electron chi connectivity index (χ2n) is 4.40. The van der Waals surface area contributed by atoms with Crippen LogP contribution in [0.5, 0.6) is 0 Å². The zero-order valence-corrected chi connectivity index (χ0v) is 10.7. The molecule has 4 N–H and O–H groups in total. The van der Waals surface area contributed by atoms with E-state index in [2.05, 4.69) is 15.6 Å². The summed E-state index contributed by atoms with van der Waals surface area (Å²) in [6.45, 7) is 3.16. The average Bonchev–Trinajstić information content (AvgIpc) is 2.71. The van der Waals surface area contributed by atoms with E-state index in [9.17, 15) is 5.11 Å². The molecule has 6 nitrogen and oxygen atoms in total. The zero-order chi connectivity index (χ0) is 12.7. The summed E-state index contributed by atoms with van der Waals surface area (Å²) in [5, 5.41) is 20.7. The van der Waals surface area contributed by atoms with Gasteiger partial charge in [0.2, 0.25) is 0 Å². The standard InChI is InChI=1S/C11H23N5O/c1-3-11(12,17)9-16-10(8-14-15-16)6-4-5-7-13-2/h8,13,17H,3-7,9,12H2,1-2H3. The Morgan fingerprint density at radius 3 is 2.94 bits per heavy atom. The number of hydrogen-bond acceptors (Lipinski definition) is 5. The van der Waals surface area contributed by atoms with Gasteiger partial charge in [0.15, 0.2) is 0 Å². The second kappa shape index (κ2) is 6.68. The van der Waals surface area contributed by atoms with Gasteiger partial charge in [0.25, 0.3) is 0 Å². The molecular weight excluding hydrogens is 218 g/mol. The van der Waals surface area contributed by atoms with Gasteiger partial charge >= 0.3 is 0 Å². The van der Waals surface area contributed by atoms with Crippen molar-refractivity contribution in [1.29, 1.82) is 0 Å². The van der Waals surface area contributed by atoms with Gasteiger partial charge in [-0.1, -0.05) is 12.1 Å². The summed E-state index contributed by atoms with van der Waals surface area (Å²) in [6.07, 6.45) is 5.33. The van der Waals surface area contributed by atoms with Crippen molar-refractivity contribution in [3.8, 4) is 0 Å². The Bertz CT molecular complexity index is 323. The van der Waals surface area contributed by atoms with Crippen LogP contribution in [0.15, 0.2) is 6.20 Å². The molecule has 1 aromatic heterocycles. The topological polar surface area (TPSA) is 89.0 Å². The van der Waals surface area contributed by atoms with Gasteiger partial charge < -0.3 is 16.2 Å². The van der Waals surface area contributed by atoms with Gasteiger partial charge in [-0.3, -0.25) is 0 Å². The van der Waals surface area contributed by atoms with Crippen molar-refractivity contribution in [2.75, 3.05) is 13.6 Å². The van der Waals surface area contributed by atoms with Crippen LogP contribution in [0, 0.1) is 0 Å². The van der Waals surface area contributed by atoms with Gasteiger partial charge in [-0.15, -0.1) is 5.10 Å². The molecule has 1 rings (SSSR count). The molecule has 1 unspecified atom stereocenters. The van der Waals surface area contributed by atoms with E-state index in [1.807, 2.05) is 14.0 Å². The fourth-order valence-corrected chi connectivity index (χ4v) is 1.58. The maximum atomic E-state index is 9.81. The molecule has 98 valence electrons. The third kappa shape index (κ3) is 4.80. The first-order valence-corrected chi connectivity index (χ1v) is 6.12. The Balaban J connectivity index is 2.48. The Kier molecular flexibility index (Phi) is 5.54. The van der Waals surface area contributed by atoms with Crippen LogP contribution in [0.4, 0.5) is 0 Å². The van der Waals surface area contributed by atoms with Crippen molar-refractivity contribution in [2.45, 2.75) is 44.9 Å². The minimum Gasteiger partial charge on any atom is -0.374 e. The van der Waals surface area contributed by atoms with Crippen LogP contribution >= 0.6 is 0 Å². The van der Waals surface area contributed by atoms with Crippen molar-refractivity contribution in [2.24, 2.45) is 5.73 Å². The summed E-state index contributed by atoms with van der Waals surface area (Å²) in [5.74, 6) is 0. The molecule has 1 heterocycles. The summed E-state index contributed by atoms with van der Waals surface area (Å²) < 4.78 is 1.70. The highest BCUT2D eigenvalue weighted by Crippen LogP contribution is 2.09. The molecular formula is C11H23N5O. The minimum atomic E-state index is -1.20. The molecule has 1 atom stereocenters. The molecule has 0 aromatic carbocycles. The molecule has 0 spiro atoms. The van der Waals surface area contributed by atoms with E-state index >= 15 is 0 Å². The fourth-order valence-electron chi connectivity index (χ4n) is 1.58. The lowest BCUT2D eigenvalue weighted by molar-refractivity contribution is 0.0206. The molecule has 0 amide bonds. The number of rotatable bonds is 8. The van der Waals surface area contributed by atoms with E-state index in [0.717, 1.165) is 31.5 Å².